The second-order valence-corrected chi connectivity index (χ2v) is 5.06. The Kier molecular flexibility index (Phi) is 3.45. The van der Waals surface area contributed by atoms with E-state index in [-0.39, 0.29) is 6.61 Å². The van der Waals surface area contributed by atoms with Gasteiger partial charge >= 0.3 is 0 Å². The Hall–Kier alpha value is -2.24. The Morgan fingerprint density at radius 2 is 2.19 bits per heavy atom. The van der Waals surface area contributed by atoms with Crippen molar-refractivity contribution in [3.05, 3.63) is 47.2 Å². The molecule has 0 atom stereocenters. The third-order valence-corrected chi connectivity index (χ3v) is 3.60. The van der Waals surface area contributed by atoms with Gasteiger partial charge in [0.2, 0.25) is 0 Å². The van der Waals surface area contributed by atoms with Gasteiger partial charge in [0.15, 0.2) is 0 Å². The van der Waals surface area contributed by atoms with Crippen LogP contribution in [-0.2, 0) is 6.61 Å². The smallest absolute Gasteiger partial charge is 0.139 e. The van der Waals surface area contributed by atoms with Crippen molar-refractivity contribution in [2.75, 3.05) is 12.8 Å². The fraction of sp³-hybridized carbons (Fsp3) is 0.133. The van der Waals surface area contributed by atoms with Crippen molar-refractivity contribution in [3.8, 4) is 17.0 Å². The van der Waals surface area contributed by atoms with Crippen LogP contribution in [0.15, 0.2) is 36.7 Å². The zero-order valence-corrected chi connectivity index (χ0v) is 12.1. The van der Waals surface area contributed by atoms with Crippen molar-refractivity contribution in [2.45, 2.75) is 6.61 Å². The third kappa shape index (κ3) is 2.41. The topological polar surface area (TPSA) is 72.8 Å². The van der Waals surface area contributed by atoms with Crippen LogP contribution in [0.1, 0.15) is 5.56 Å². The van der Waals surface area contributed by atoms with Gasteiger partial charge in [-0.25, -0.2) is 4.98 Å². The van der Waals surface area contributed by atoms with Crippen LogP contribution in [0.5, 0.6) is 5.75 Å². The maximum Gasteiger partial charge on any atom is 0.139 e. The lowest BCUT2D eigenvalue weighted by Gasteiger charge is -2.09. The summed E-state index contributed by atoms with van der Waals surface area (Å²) < 4.78 is 7.03. The first-order valence-electron chi connectivity index (χ1n) is 6.34. The van der Waals surface area contributed by atoms with Gasteiger partial charge < -0.3 is 20.0 Å². The molecule has 3 rings (SSSR count). The summed E-state index contributed by atoms with van der Waals surface area (Å²) in [4.78, 5) is 4.52. The summed E-state index contributed by atoms with van der Waals surface area (Å²) in [5.41, 5.74) is 9.33. The second-order valence-electron chi connectivity index (χ2n) is 4.65. The molecule has 0 saturated heterocycles. The number of nitrogens with zero attached hydrogens (tertiary/aromatic N) is 2. The number of aliphatic hydroxyl groups is 1. The molecule has 5 nitrogen and oxygen atoms in total. The molecule has 0 bridgehead atoms. The van der Waals surface area contributed by atoms with E-state index in [9.17, 15) is 5.11 Å². The first-order chi connectivity index (χ1) is 10.1. The first kappa shape index (κ1) is 13.7. The number of imidazole rings is 1. The molecule has 2 heterocycles. The summed E-state index contributed by atoms with van der Waals surface area (Å²) in [5, 5.41) is 10.0. The van der Waals surface area contributed by atoms with E-state index in [2.05, 4.69) is 4.98 Å². The molecule has 21 heavy (non-hydrogen) atoms. The quantitative estimate of drug-likeness (QED) is 0.780. The largest absolute Gasteiger partial charge is 0.495 e. The van der Waals surface area contributed by atoms with Crippen LogP contribution in [0.4, 0.5) is 5.69 Å². The number of rotatable bonds is 3. The lowest BCUT2D eigenvalue weighted by Crippen LogP contribution is -1.93. The molecule has 3 N–H and O–H groups in total. The highest BCUT2D eigenvalue weighted by atomic mass is 35.5. The fourth-order valence-electron chi connectivity index (χ4n) is 2.25. The molecule has 0 saturated carbocycles. The van der Waals surface area contributed by atoms with E-state index >= 15 is 0 Å². The Labute approximate surface area is 126 Å². The van der Waals surface area contributed by atoms with Crippen molar-refractivity contribution in [2.24, 2.45) is 0 Å². The van der Waals surface area contributed by atoms with Gasteiger partial charge in [-0.05, 0) is 23.8 Å². The molecule has 0 spiro atoms. The van der Waals surface area contributed by atoms with Gasteiger partial charge in [-0.2, -0.15) is 0 Å². The Morgan fingerprint density at radius 1 is 1.38 bits per heavy atom. The first-order valence-corrected chi connectivity index (χ1v) is 6.72. The molecule has 1 aromatic carbocycles. The number of aliphatic hydroxyl groups excluding tert-OH is 1. The summed E-state index contributed by atoms with van der Waals surface area (Å²) in [5.74, 6) is 0.525. The number of fused-ring (bicyclic) bond motifs is 1. The molecular formula is C15H14ClN3O2. The van der Waals surface area contributed by atoms with Crippen LogP contribution in [0.3, 0.4) is 0 Å². The Balaban J connectivity index is 2.19. The van der Waals surface area contributed by atoms with E-state index in [1.807, 2.05) is 16.8 Å². The lowest BCUT2D eigenvalue weighted by molar-refractivity contribution is 0.281. The molecule has 0 amide bonds. The number of pyridine rings is 1. The van der Waals surface area contributed by atoms with E-state index in [1.165, 1.54) is 7.11 Å². The zero-order chi connectivity index (χ0) is 15.0. The minimum absolute atomic E-state index is 0.126. The second kappa shape index (κ2) is 5.27. The predicted octanol–water partition coefficient (Wildman–Crippen LogP) is 2.74. The van der Waals surface area contributed by atoms with Crippen LogP contribution < -0.4 is 10.5 Å². The van der Waals surface area contributed by atoms with Gasteiger partial charge in [0.05, 0.1) is 24.4 Å². The number of nitrogens with two attached hydrogens (primary N) is 1. The van der Waals surface area contributed by atoms with Crippen molar-refractivity contribution >= 4 is 22.9 Å². The standard InChI is InChI=1S/C15H14ClN3O2/c1-21-14-4-9(8-20)11(6-12(14)16)13-7-19-3-2-10(17)5-15(19)18-13/h2-7,20H,8,17H2,1H3. The highest BCUT2D eigenvalue weighted by Gasteiger charge is 2.13. The average molecular weight is 304 g/mol. The number of hydrogen-bond acceptors (Lipinski definition) is 4. The van der Waals surface area contributed by atoms with Gasteiger partial charge in [-0.1, -0.05) is 11.6 Å². The summed E-state index contributed by atoms with van der Waals surface area (Å²) in [6.07, 6.45) is 3.71. The van der Waals surface area contributed by atoms with Gasteiger partial charge in [-0.15, -0.1) is 0 Å². The SMILES string of the molecule is COc1cc(CO)c(-c2cn3ccc(N)cc3n2)cc1Cl. The van der Waals surface area contributed by atoms with Gasteiger partial charge in [0, 0.05) is 29.7 Å². The number of aromatic nitrogens is 2. The molecule has 3 aromatic rings. The van der Waals surface area contributed by atoms with E-state index in [4.69, 9.17) is 22.1 Å². The molecule has 108 valence electrons. The van der Waals surface area contributed by atoms with Crippen molar-refractivity contribution < 1.29 is 9.84 Å². The minimum Gasteiger partial charge on any atom is -0.495 e. The molecule has 0 fully saturated rings. The minimum atomic E-state index is -0.126. The van der Waals surface area contributed by atoms with Crippen LogP contribution in [0, 0.1) is 0 Å². The lowest BCUT2D eigenvalue weighted by atomic mass is 10.1. The number of nitrogen functional groups attached to an aromatic ring is 1. The average Bonchev–Trinajstić information content (AvgIpc) is 2.89. The van der Waals surface area contributed by atoms with Crippen molar-refractivity contribution in [1.29, 1.82) is 0 Å². The third-order valence-electron chi connectivity index (χ3n) is 3.31. The van der Waals surface area contributed by atoms with Gasteiger partial charge in [-0.3, -0.25) is 0 Å². The van der Waals surface area contributed by atoms with Crippen LogP contribution in [0.2, 0.25) is 5.02 Å². The molecule has 0 radical (unpaired) electrons. The fourth-order valence-corrected chi connectivity index (χ4v) is 2.49. The van der Waals surface area contributed by atoms with Crippen molar-refractivity contribution in [1.82, 2.24) is 9.38 Å². The van der Waals surface area contributed by atoms with Crippen LogP contribution in [-0.4, -0.2) is 21.6 Å². The number of halogens is 1. The maximum absolute atomic E-state index is 9.56. The Bertz CT molecular complexity index is 814. The maximum atomic E-state index is 9.56. The summed E-state index contributed by atoms with van der Waals surface area (Å²) in [6, 6.07) is 7.05. The van der Waals surface area contributed by atoms with Gasteiger partial charge in [0.1, 0.15) is 11.4 Å². The Morgan fingerprint density at radius 3 is 2.90 bits per heavy atom. The summed E-state index contributed by atoms with van der Waals surface area (Å²) in [7, 11) is 1.54. The van der Waals surface area contributed by atoms with Crippen LogP contribution in [0.25, 0.3) is 16.9 Å². The van der Waals surface area contributed by atoms with E-state index < -0.39 is 0 Å². The van der Waals surface area contributed by atoms with Gasteiger partial charge in [0.25, 0.3) is 0 Å². The molecule has 0 aliphatic rings. The molecule has 0 unspecified atom stereocenters. The van der Waals surface area contributed by atoms with Crippen molar-refractivity contribution in [3.63, 3.8) is 0 Å². The predicted molar refractivity (Wildman–Crippen MR) is 82.5 cm³/mol. The highest BCUT2D eigenvalue weighted by Crippen LogP contribution is 2.33. The number of hydrogen-bond donors (Lipinski definition) is 2. The van der Waals surface area contributed by atoms with Crippen LogP contribution >= 0.6 is 11.6 Å². The molecule has 0 aliphatic heterocycles. The van der Waals surface area contributed by atoms with E-state index in [0.29, 0.717) is 27.7 Å². The number of methoxy groups -OCH3 is 1. The molecule has 6 heteroatoms. The van der Waals surface area contributed by atoms with E-state index in [1.54, 1.807) is 24.3 Å². The van der Waals surface area contributed by atoms with E-state index in [0.717, 1.165) is 11.2 Å². The summed E-state index contributed by atoms with van der Waals surface area (Å²) >= 11 is 6.17. The molecular weight excluding hydrogens is 290 g/mol. The summed E-state index contributed by atoms with van der Waals surface area (Å²) in [6.45, 7) is -0.126. The molecule has 2 aromatic heterocycles. The molecule has 0 aliphatic carbocycles. The number of anilines is 1. The number of ether oxygens (including phenoxy) is 1. The monoisotopic (exact) mass is 303 g/mol. The number of benzene rings is 1. The normalized spacial score (nSPS) is 11.0. The highest BCUT2D eigenvalue weighted by molar-refractivity contribution is 6.32. The zero-order valence-electron chi connectivity index (χ0n) is 11.4.